The second-order valence-corrected chi connectivity index (χ2v) is 7.58. The molecule has 1 aromatic carbocycles. The summed E-state index contributed by atoms with van der Waals surface area (Å²) in [7, 11) is 2.12. The van der Waals surface area contributed by atoms with Gasteiger partial charge in [0.25, 0.3) is 0 Å². The second kappa shape index (κ2) is 8.81. The van der Waals surface area contributed by atoms with Gasteiger partial charge in [-0.2, -0.15) is 0 Å². The van der Waals surface area contributed by atoms with E-state index in [1.54, 1.807) is 4.90 Å². The number of hydrogen-bond donors (Lipinski definition) is 0. The van der Waals surface area contributed by atoms with Gasteiger partial charge in [-0.25, -0.2) is 0 Å². The summed E-state index contributed by atoms with van der Waals surface area (Å²) in [6, 6.07) is 7.99. The van der Waals surface area contributed by atoms with Crippen molar-refractivity contribution < 1.29 is 24.1 Å². The summed E-state index contributed by atoms with van der Waals surface area (Å²) in [5.74, 6) is 0.0870. The molecule has 0 aromatic heterocycles. The van der Waals surface area contributed by atoms with Gasteiger partial charge in [-0.1, -0.05) is 0 Å². The summed E-state index contributed by atoms with van der Waals surface area (Å²) in [4.78, 5) is 24.1. The van der Waals surface area contributed by atoms with E-state index in [0.717, 1.165) is 48.8 Å². The van der Waals surface area contributed by atoms with E-state index in [9.17, 15) is 4.79 Å². The predicted octanol–water partition coefficient (Wildman–Crippen LogP) is 1.84. The van der Waals surface area contributed by atoms with Crippen molar-refractivity contribution in [1.29, 1.82) is 0 Å². The summed E-state index contributed by atoms with van der Waals surface area (Å²) in [6.45, 7) is 6.29. The van der Waals surface area contributed by atoms with E-state index < -0.39 is 0 Å². The summed E-state index contributed by atoms with van der Waals surface area (Å²) in [5.41, 5.74) is 3.63. The van der Waals surface area contributed by atoms with Crippen molar-refractivity contribution in [3.63, 3.8) is 0 Å². The second-order valence-electron chi connectivity index (χ2n) is 6.61. The predicted molar refractivity (Wildman–Crippen MR) is 103 cm³/mol. The summed E-state index contributed by atoms with van der Waals surface area (Å²) in [6.07, 6.45) is 5.80. The zero-order valence-corrected chi connectivity index (χ0v) is 18.2. The molecular formula is C20H24N4OW. The number of rotatable bonds is 4. The van der Waals surface area contributed by atoms with Crippen molar-refractivity contribution in [2.45, 2.75) is 6.92 Å². The van der Waals surface area contributed by atoms with Crippen LogP contribution in [-0.4, -0.2) is 65.6 Å². The molecule has 2 aliphatic rings. The number of anilines is 1. The minimum absolute atomic E-state index is 0.0870. The van der Waals surface area contributed by atoms with Gasteiger partial charge in [0.05, 0.1) is 0 Å². The van der Waals surface area contributed by atoms with Gasteiger partial charge in [0, 0.05) is 0 Å². The van der Waals surface area contributed by atoms with Crippen molar-refractivity contribution in [2.75, 3.05) is 44.7 Å². The number of benzene rings is 1. The summed E-state index contributed by atoms with van der Waals surface area (Å²) < 4.78 is 2.04. The van der Waals surface area contributed by atoms with Gasteiger partial charge in [0.2, 0.25) is 0 Å². The van der Waals surface area contributed by atoms with Crippen LogP contribution in [0.5, 0.6) is 0 Å². The Morgan fingerprint density at radius 3 is 2.69 bits per heavy atom. The Bertz CT molecular complexity index is 776. The molecule has 1 aromatic rings. The zero-order valence-electron chi connectivity index (χ0n) is 15.3. The van der Waals surface area contributed by atoms with Crippen molar-refractivity contribution >= 4 is 21.7 Å². The molecule has 3 rings (SSSR count). The fourth-order valence-electron chi connectivity index (χ4n) is 3.17. The number of allylic oxidation sites excluding steroid dienone is 2. The molecule has 136 valence electrons. The number of likely N-dealkylation sites (N-methyl/N-ethyl adjacent to an activating group) is 1. The Balaban J connectivity index is 1.89. The van der Waals surface area contributed by atoms with E-state index in [1.807, 2.05) is 53.9 Å². The van der Waals surface area contributed by atoms with Crippen molar-refractivity contribution in [2.24, 2.45) is 4.99 Å². The first kappa shape index (κ1) is 19.1. The Labute approximate surface area is 166 Å². The molecule has 1 amide bonds. The Morgan fingerprint density at radius 2 is 1.96 bits per heavy atom. The molecule has 0 saturated carbocycles. The summed E-state index contributed by atoms with van der Waals surface area (Å²) >= 11 is 1.39. The third-order valence-corrected chi connectivity index (χ3v) is 5.25. The van der Waals surface area contributed by atoms with Gasteiger partial charge >= 0.3 is 159 Å². The monoisotopic (exact) mass is 520 g/mol. The Morgan fingerprint density at radius 1 is 1.23 bits per heavy atom. The van der Waals surface area contributed by atoms with Gasteiger partial charge < -0.3 is 0 Å². The number of para-hydroxylation sites is 1. The van der Waals surface area contributed by atoms with Crippen molar-refractivity contribution in [3.8, 4) is 0 Å². The average Bonchev–Trinajstić information content (AvgIpc) is 2.79. The molecule has 0 bridgehead atoms. The van der Waals surface area contributed by atoms with E-state index in [2.05, 4.69) is 16.8 Å². The van der Waals surface area contributed by atoms with Crippen LogP contribution in [0, 0.1) is 0 Å². The molecule has 26 heavy (non-hydrogen) atoms. The first-order valence-electron chi connectivity index (χ1n) is 8.80. The number of piperazine rings is 1. The Kier molecular flexibility index (Phi) is 6.47. The molecule has 0 unspecified atom stereocenters. The molecule has 0 N–H and O–H groups in total. The van der Waals surface area contributed by atoms with Crippen LogP contribution in [0.2, 0.25) is 0 Å². The van der Waals surface area contributed by atoms with E-state index >= 15 is 0 Å². The van der Waals surface area contributed by atoms with Crippen LogP contribution in [0.3, 0.4) is 0 Å². The zero-order chi connectivity index (χ0) is 18.5. The third kappa shape index (κ3) is 4.53. The van der Waals surface area contributed by atoms with Crippen LogP contribution in [0.25, 0.3) is 0 Å². The molecule has 5 nitrogen and oxygen atoms in total. The maximum atomic E-state index is 13.1. The molecule has 0 spiro atoms. The van der Waals surface area contributed by atoms with E-state index in [1.165, 1.54) is 19.4 Å². The van der Waals surface area contributed by atoms with Crippen LogP contribution < -0.4 is 4.90 Å². The van der Waals surface area contributed by atoms with Gasteiger partial charge in [-0.15, -0.1) is 0 Å². The van der Waals surface area contributed by atoms with Crippen LogP contribution in [0.1, 0.15) is 12.5 Å². The molecule has 0 aliphatic carbocycles. The quantitative estimate of drug-likeness (QED) is 0.609. The number of carbonyl (C=O) groups excluding carboxylic acids is 1. The molecule has 1 saturated heterocycles. The van der Waals surface area contributed by atoms with Gasteiger partial charge in [0.1, 0.15) is 0 Å². The number of carbonyl (C=O) groups is 1. The van der Waals surface area contributed by atoms with Gasteiger partial charge in [0.15, 0.2) is 0 Å². The summed E-state index contributed by atoms with van der Waals surface area (Å²) in [5, 5.41) is 0. The van der Waals surface area contributed by atoms with Crippen LogP contribution in [-0.2, 0) is 24.1 Å². The number of nitrogens with zero attached hydrogens (tertiary/aromatic N) is 4. The molecular weight excluding hydrogens is 496 g/mol. The number of fused-ring (bicyclic) bond motifs is 1. The van der Waals surface area contributed by atoms with E-state index in [0.29, 0.717) is 6.54 Å². The number of hydrogen-bond acceptors (Lipinski definition) is 4. The standard InChI is InChI=1S/C20H24N4O.W/c1-4-7-17-14-24(19-9-6-5-8-18(19)16(2)21-17)20(25)15-23-12-10-22(3)11-13-23;/h1,4-9,14H,10-13,15H2,2-3H3;. The van der Waals surface area contributed by atoms with Gasteiger partial charge in [-0.3, -0.25) is 0 Å². The van der Waals surface area contributed by atoms with Crippen LogP contribution in [0.15, 0.2) is 53.3 Å². The molecule has 6 heteroatoms. The SMILES string of the molecule is CC1=NC(C=C[CH]=[W])=CN(C(=O)CN2CCN(C)CC2)c2ccccc21. The molecule has 2 heterocycles. The van der Waals surface area contributed by atoms with E-state index in [-0.39, 0.29) is 5.91 Å². The third-order valence-electron chi connectivity index (χ3n) is 4.68. The van der Waals surface area contributed by atoms with Crippen molar-refractivity contribution in [1.82, 2.24) is 9.80 Å². The molecule has 0 atom stereocenters. The van der Waals surface area contributed by atoms with Crippen molar-refractivity contribution in [3.05, 3.63) is 53.9 Å². The molecule has 0 radical (unpaired) electrons. The maximum absolute atomic E-state index is 13.1. The normalized spacial score (nSPS) is 18.9. The van der Waals surface area contributed by atoms with Crippen LogP contribution in [0.4, 0.5) is 5.69 Å². The number of aliphatic imine (C=N–C) groups is 1. The first-order valence-corrected chi connectivity index (χ1v) is 10.5. The van der Waals surface area contributed by atoms with Crippen LogP contribution >= 0.6 is 0 Å². The first-order chi connectivity index (χ1) is 12.6. The van der Waals surface area contributed by atoms with E-state index in [4.69, 9.17) is 4.99 Å². The topological polar surface area (TPSA) is 39.2 Å². The van der Waals surface area contributed by atoms with Gasteiger partial charge in [-0.05, 0) is 7.05 Å². The fourth-order valence-corrected chi connectivity index (χ4v) is 3.45. The average molecular weight is 520 g/mol. The Hall–Kier alpha value is -1.68. The molecule has 2 aliphatic heterocycles. The molecule has 1 fully saturated rings. The fraction of sp³-hybridized carbons (Fsp3) is 0.350. The number of amides is 1. The minimum atomic E-state index is 0.0870.